The standard InChI is InChI=1S/C19H23NO6S/c1-20-14(17(21)13-7-5-6-8-16(13)27(20,22)23)11-12-9-10-15(24-2)19(26-4)18(12)25-3/h5-10,14,17,21H,11H2,1-4H3/t14-,17+/m1/s1. The predicted octanol–water partition coefficient (Wildman–Crippen LogP) is 1.99. The van der Waals surface area contributed by atoms with Crippen molar-refractivity contribution in [1.29, 1.82) is 0 Å². The fourth-order valence-electron chi connectivity index (χ4n) is 3.49. The highest BCUT2D eigenvalue weighted by Crippen LogP contribution is 2.43. The number of hydrogen-bond donors (Lipinski definition) is 1. The smallest absolute Gasteiger partial charge is 0.243 e. The van der Waals surface area contributed by atoms with Crippen LogP contribution in [0.2, 0.25) is 0 Å². The fourth-order valence-corrected chi connectivity index (χ4v) is 5.08. The summed E-state index contributed by atoms with van der Waals surface area (Å²) in [7, 11) is 2.33. The molecule has 1 aliphatic rings. The Hall–Kier alpha value is -2.29. The number of sulfonamides is 1. The second-order valence-electron chi connectivity index (χ2n) is 6.27. The maximum atomic E-state index is 12.9. The third kappa shape index (κ3) is 3.13. The van der Waals surface area contributed by atoms with Gasteiger partial charge in [0, 0.05) is 12.6 Å². The predicted molar refractivity (Wildman–Crippen MR) is 99.9 cm³/mol. The molecule has 0 aliphatic carbocycles. The molecule has 0 amide bonds. The van der Waals surface area contributed by atoms with Gasteiger partial charge in [-0.1, -0.05) is 24.3 Å². The fraction of sp³-hybridized carbons (Fsp3) is 0.368. The van der Waals surface area contributed by atoms with Crippen molar-refractivity contribution < 1.29 is 27.7 Å². The Kier molecular flexibility index (Phi) is 5.32. The van der Waals surface area contributed by atoms with E-state index in [9.17, 15) is 13.5 Å². The molecule has 27 heavy (non-hydrogen) atoms. The number of ether oxygens (including phenoxy) is 3. The van der Waals surface area contributed by atoms with Crippen LogP contribution < -0.4 is 14.2 Å². The Labute approximate surface area is 159 Å². The number of nitrogens with zero attached hydrogens (tertiary/aromatic N) is 1. The lowest BCUT2D eigenvalue weighted by Crippen LogP contribution is -2.46. The molecular formula is C19H23NO6S. The number of rotatable bonds is 5. The zero-order valence-electron chi connectivity index (χ0n) is 15.7. The minimum absolute atomic E-state index is 0.135. The van der Waals surface area contributed by atoms with E-state index in [4.69, 9.17) is 14.2 Å². The van der Waals surface area contributed by atoms with E-state index < -0.39 is 22.2 Å². The first-order valence-corrected chi connectivity index (χ1v) is 9.83. The SMILES string of the molecule is COc1ccc(C[C@@H]2[C@@H](O)c3ccccc3S(=O)(=O)N2C)c(OC)c1OC. The molecule has 0 fully saturated rings. The monoisotopic (exact) mass is 393 g/mol. The quantitative estimate of drug-likeness (QED) is 0.836. The minimum Gasteiger partial charge on any atom is -0.493 e. The molecule has 0 bridgehead atoms. The van der Waals surface area contributed by atoms with E-state index in [0.717, 1.165) is 0 Å². The Morgan fingerprint density at radius 1 is 1.00 bits per heavy atom. The number of benzene rings is 2. The van der Waals surface area contributed by atoms with Gasteiger partial charge in [-0.2, -0.15) is 4.31 Å². The average Bonchev–Trinajstić information content (AvgIpc) is 2.69. The molecule has 1 aliphatic heterocycles. The second kappa shape index (κ2) is 7.38. The molecular weight excluding hydrogens is 370 g/mol. The molecule has 1 N–H and O–H groups in total. The number of aliphatic hydroxyl groups excluding tert-OH is 1. The van der Waals surface area contributed by atoms with Gasteiger partial charge in [0.1, 0.15) is 0 Å². The minimum atomic E-state index is -3.69. The van der Waals surface area contributed by atoms with E-state index >= 15 is 0 Å². The molecule has 0 radical (unpaired) electrons. The van der Waals surface area contributed by atoms with Crippen molar-refractivity contribution in [3.8, 4) is 17.2 Å². The number of methoxy groups -OCH3 is 3. The lowest BCUT2D eigenvalue weighted by atomic mass is 9.95. The summed E-state index contributed by atoms with van der Waals surface area (Å²) in [5.41, 5.74) is 1.11. The Balaban J connectivity index is 2.06. The van der Waals surface area contributed by atoms with Crippen LogP contribution in [0.15, 0.2) is 41.3 Å². The molecule has 146 valence electrons. The van der Waals surface area contributed by atoms with E-state index in [-0.39, 0.29) is 11.3 Å². The molecule has 1 heterocycles. The highest BCUT2D eigenvalue weighted by atomic mass is 32.2. The average molecular weight is 393 g/mol. The summed E-state index contributed by atoms with van der Waals surface area (Å²) in [6.45, 7) is 0. The molecule has 2 atom stereocenters. The van der Waals surface area contributed by atoms with Gasteiger partial charge in [0.25, 0.3) is 0 Å². The Morgan fingerprint density at radius 2 is 1.67 bits per heavy atom. The van der Waals surface area contributed by atoms with E-state index in [1.165, 1.54) is 38.7 Å². The van der Waals surface area contributed by atoms with Crippen molar-refractivity contribution in [2.75, 3.05) is 28.4 Å². The first kappa shape index (κ1) is 19.5. The van der Waals surface area contributed by atoms with Gasteiger partial charge in [0.2, 0.25) is 15.8 Å². The Bertz CT molecular complexity index is 943. The van der Waals surface area contributed by atoms with Crippen LogP contribution in [0.25, 0.3) is 0 Å². The van der Waals surface area contributed by atoms with Crippen molar-refractivity contribution in [2.24, 2.45) is 0 Å². The summed E-state index contributed by atoms with van der Waals surface area (Å²) in [6.07, 6.45) is -0.720. The normalized spacial score (nSPS) is 21.4. The molecule has 0 aromatic heterocycles. The first-order valence-electron chi connectivity index (χ1n) is 8.39. The van der Waals surface area contributed by atoms with Crippen molar-refractivity contribution in [2.45, 2.75) is 23.5 Å². The van der Waals surface area contributed by atoms with Gasteiger partial charge in [-0.25, -0.2) is 8.42 Å². The lowest BCUT2D eigenvalue weighted by molar-refractivity contribution is 0.0888. The summed E-state index contributed by atoms with van der Waals surface area (Å²) in [5, 5.41) is 10.9. The van der Waals surface area contributed by atoms with Gasteiger partial charge in [-0.3, -0.25) is 0 Å². The van der Waals surface area contributed by atoms with E-state index in [1.54, 1.807) is 30.3 Å². The van der Waals surface area contributed by atoms with Crippen molar-refractivity contribution in [3.05, 3.63) is 47.5 Å². The summed E-state index contributed by atoms with van der Waals surface area (Å²) in [6, 6.07) is 9.35. The van der Waals surface area contributed by atoms with Gasteiger partial charge in [-0.05, 0) is 24.1 Å². The van der Waals surface area contributed by atoms with Crippen LogP contribution in [0.3, 0.4) is 0 Å². The zero-order valence-corrected chi connectivity index (χ0v) is 16.5. The summed E-state index contributed by atoms with van der Waals surface area (Å²) in [4.78, 5) is 0.135. The second-order valence-corrected chi connectivity index (χ2v) is 8.23. The van der Waals surface area contributed by atoms with Crippen LogP contribution in [0.5, 0.6) is 17.2 Å². The molecule has 3 rings (SSSR count). The molecule has 0 saturated heterocycles. The number of fused-ring (bicyclic) bond motifs is 1. The van der Waals surface area contributed by atoms with Gasteiger partial charge < -0.3 is 19.3 Å². The largest absolute Gasteiger partial charge is 0.493 e. The maximum Gasteiger partial charge on any atom is 0.243 e. The van der Waals surface area contributed by atoms with Crippen molar-refractivity contribution in [1.82, 2.24) is 4.31 Å². The molecule has 7 nitrogen and oxygen atoms in total. The number of hydrogen-bond acceptors (Lipinski definition) is 6. The van der Waals surface area contributed by atoms with E-state index in [1.807, 2.05) is 0 Å². The van der Waals surface area contributed by atoms with Crippen LogP contribution in [0, 0.1) is 0 Å². The van der Waals surface area contributed by atoms with Gasteiger partial charge >= 0.3 is 0 Å². The highest BCUT2D eigenvalue weighted by Gasteiger charge is 2.41. The third-order valence-corrected chi connectivity index (χ3v) is 6.90. The number of aliphatic hydroxyl groups is 1. The van der Waals surface area contributed by atoms with Crippen LogP contribution in [0.1, 0.15) is 17.2 Å². The number of likely N-dealkylation sites (N-methyl/N-ethyl adjacent to an activating group) is 1. The van der Waals surface area contributed by atoms with Gasteiger partial charge in [0.15, 0.2) is 11.5 Å². The molecule has 8 heteroatoms. The van der Waals surface area contributed by atoms with Gasteiger partial charge in [0.05, 0.1) is 38.4 Å². The van der Waals surface area contributed by atoms with E-state index in [2.05, 4.69) is 0 Å². The van der Waals surface area contributed by atoms with Crippen molar-refractivity contribution >= 4 is 10.0 Å². The zero-order chi connectivity index (χ0) is 19.8. The topological polar surface area (TPSA) is 85.3 Å². The first-order chi connectivity index (χ1) is 12.9. The molecule has 0 spiro atoms. The molecule has 0 saturated carbocycles. The van der Waals surface area contributed by atoms with Crippen LogP contribution in [-0.4, -0.2) is 52.2 Å². The summed E-state index contributed by atoms with van der Waals surface area (Å²) >= 11 is 0. The molecule has 2 aromatic rings. The summed E-state index contributed by atoms with van der Waals surface area (Å²) in [5.74, 6) is 1.39. The molecule has 2 aromatic carbocycles. The van der Waals surface area contributed by atoms with Crippen LogP contribution >= 0.6 is 0 Å². The van der Waals surface area contributed by atoms with Crippen LogP contribution in [0.4, 0.5) is 0 Å². The van der Waals surface area contributed by atoms with E-state index in [0.29, 0.717) is 28.4 Å². The maximum absolute atomic E-state index is 12.9. The lowest BCUT2D eigenvalue weighted by Gasteiger charge is -2.37. The molecule has 0 unspecified atom stereocenters. The van der Waals surface area contributed by atoms with Gasteiger partial charge in [-0.15, -0.1) is 0 Å². The summed E-state index contributed by atoms with van der Waals surface area (Å²) < 4.78 is 43.1. The van der Waals surface area contributed by atoms with Crippen LogP contribution in [-0.2, 0) is 16.4 Å². The van der Waals surface area contributed by atoms with Crippen molar-refractivity contribution in [3.63, 3.8) is 0 Å². The third-order valence-electron chi connectivity index (χ3n) is 4.94. The Morgan fingerprint density at radius 3 is 2.30 bits per heavy atom. The highest BCUT2D eigenvalue weighted by molar-refractivity contribution is 7.89.